The van der Waals surface area contributed by atoms with Crippen LogP contribution in [0.2, 0.25) is 0 Å². The van der Waals surface area contributed by atoms with Gasteiger partial charge in [0.2, 0.25) is 0 Å². The summed E-state index contributed by atoms with van der Waals surface area (Å²) in [7, 11) is 0. The number of rotatable bonds is 2. The van der Waals surface area contributed by atoms with E-state index in [-0.39, 0.29) is 12.1 Å². The molecule has 3 aliphatic heterocycles. The van der Waals surface area contributed by atoms with Gasteiger partial charge >= 0.3 is 6.09 Å². The molecule has 102 valence electrons. The standard InChI is InChI=1S/C13H22N2O3/c16-13(17)15-11-1-2-12(15)8-10(7-11)9-14-3-5-18-6-4-14/h10-12H,1-9H2,(H,16,17)/t10?,11-,12+. The van der Waals surface area contributed by atoms with Gasteiger partial charge in [0.05, 0.1) is 13.2 Å². The molecule has 0 spiro atoms. The number of ether oxygens (including phenoxy) is 1. The molecule has 0 aromatic carbocycles. The van der Waals surface area contributed by atoms with Crippen molar-refractivity contribution >= 4 is 6.09 Å². The van der Waals surface area contributed by atoms with Crippen LogP contribution >= 0.6 is 0 Å². The average molecular weight is 254 g/mol. The van der Waals surface area contributed by atoms with E-state index in [1.165, 1.54) is 0 Å². The highest BCUT2D eigenvalue weighted by atomic mass is 16.5. The summed E-state index contributed by atoms with van der Waals surface area (Å²) in [6.45, 7) is 4.90. The van der Waals surface area contributed by atoms with Crippen LogP contribution in [0.5, 0.6) is 0 Å². The van der Waals surface area contributed by atoms with E-state index in [1.807, 2.05) is 0 Å². The molecule has 1 amide bonds. The SMILES string of the molecule is O=C(O)N1[C@@H]2CC[C@H]1CC(CN1CCOCC1)C2. The van der Waals surface area contributed by atoms with E-state index in [9.17, 15) is 9.90 Å². The molecule has 5 nitrogen and oxygen atoms in total. The number of piperidine rings is 1. The molecule has 3 aliphatic rings. The highest BCUT2D eigenvalue weighted by Gasteiger charge is 2.43. The number of hydrogen-bond donors (Lipinski definition) is 1. The van der Waals surface area contributed by atoms with Crippen LogP contribution in [-0.4, -0.2) is 65.9 Å². The number of amides is 1. The molecule has 5 heteroatoms. The summed E-state index contributed by atoms with van der Waals surface area (Å²) >= 11 is 0. The maximum Gasteiger partial charge on any atom is 0.407 e. The summed E-state index contributed by atoms with van der Waals surface area (Å²) in [6, 6.07) is 0.569. The van der Waals surface area contributed by atoms with Gasteiger partial charge in [0.1, 0.15) is 0 Å². The molecule has 3 rings (SSSR count). The van der Waals surface area contributed by atoms with Crippen LogP contribution < -0.4 is 0 Å². The summed E-state index contributed by atoms with van der Waals surface area (Å²) in [5, 5.41) is 9.23. The van der Waals surface area contributed by atoms with Crippen LogP contribution in [0.15, 0.2) is 0 Å². The molecule has 3 atom stereocenters. The Kier molecular flexibility index (Phi) is 3.43. The fourth-order valence-electron chi connectivity index (χ4n) is 3.90. The van der Waals surface area contributed by atoms with E-state index in [4.69, 9.17) is 4.74 Å². The lowest BCUT2D eigenvalue weighted by Crippen LogP contribution is -2.49. The third-order valence-corrected chi connectivity index (χ3v) is 4.67. The molecule has 3 saturated heterocycles. The topological polar surface area (TPSA) is 53.0 Å². The largest absolute Gasteiger partial charge is 0.465 e. The zero-order valence-corrected chi connectivity index (χ0v) is 10.8. The predicted octanol–water partition coefficient (Wildman–Crippen LogP) is 1.24. The smallest absolute Gasteiger partial charge is 0.407 e. The summed E-state index contributed by atoms with van der Waals surface area (Å²) in [6.07, 6.45) is 3.53. The van der Waals surface area contributed by atoms with Gasteiger partial charge in [-0.2, -0.15) is 0 Å². The molecular weight excluding hydrogens is 232 g/mol. The van der Waals surface area contributed by atoms with Gasteiger partial charge in [-0.25, -0.2) is 4.79 Å². The Bertz CT molecular complexity index is 303. The lowest BCUT2D eigenvalue weighted by molar-refractivity contribution is 0.0183. The Morgan fingerprint density at radius 1 is 1.17 bits per heavy atom. The Hall–Kier alpha value is -0.810. The van der Waals surface area contributed by atoms with Crippen molar-refractivity contribution in [3.63, 3.8) is 0 Å². The Labute approximate surface area is 108 Å². The number of nitrogens with zero attached hydrogens (tertiary/aromatic N) is 2. The van der Waals surface area contributed by atoms with Crippen LogP contribution in [0.25, 0.3) is 0 Å². The quantitative estimate of drug-likeness (QED) is 0.805. The zero-order chi connectivity index (χ0) is 12.5. The van der Waals surface area contributed by atoms with Crippen molar-refractivity contribution in [2.45, 2.75) is 37.8 Å². The number of fused-ring (bicyclic) bond motifs is 2. The molecule has 1 N–H and O–H groups in total. The molecule has 3 heterocycles. The minimum Gasteiger partial charge on any atom is -0.465 e. The molecule has 0 aliphatic carbocycles. The monoisotopic (exact) mass is 254 g/mol. The Morgan fingerprint density at radius 2 is 1.78 bits per heavy atom. The summed E-state index contributed by atoms with van der Waals surface area (Å²) in [4.78, 5) is 15.4. The normalized spacial score (nSPS) is 36.9. The number of carbonyl (C=O) groups is 1. The predicted molar refractivity (Wildman–Crippen MR) is 66.7 cm³/mol. The van der Waals surface area contributed by atoms with E-state index in [0.717, 1.165) is 58.5 Å². The average Bonchev–Trinajstić information content (AvgIpc) is 2.63. The van der Waals surface area contributed by atoms with Crippen molar-refractivity contribution in [3.8, 4) is 0 Å². The van der Waals surface area contributed by atoms with Crippen LogP contribution in [-0.2, 0) is 4.74 Å². The fourth-order valence-corrected chi connectivity index (χ4v) is 3.90. The highest BCUT2D eigenvalue weighted by molar-refractivity contribution is 5.66. The van der Waals surface area contributed by atoms with Crippen LogP contribution in [0.1, 0.15) is 25.7 Å². The molecule has 18 heavy (non-hydrogen) atoms. The first-order valence-corrected chi connectivity index (χ1v) is 7.05. The van der Waals surface area contributed by atoms with Gasteiger partial charge in [0.25, 0.3) is 0 Å². The maximum atomic E-state index is 11.2. The Morgan fingerprint density at radius 3 is 2.33 bits per heavy atom. The second-order valence-electron chi connectivity index (χ2n) is 5.83. The van der Waals surface area contributed by atoms with E-state index in [0.29, 0.717) is 5.92 Å². The summed E-state index contributed by atoms with van der Waals surface area (Å²) in [5.74, 6) is 0.677. The van der Waals surface area contributed by atoms with E-state index >= 15 is 0 Å². The molecule has 0 aromatic rings. The van der Waals surface area contributed by atoms with Crippen molar-refractivity contribution in [1.82, 2.24) is 9.80 Å². The minimum atomic E-state index is -0.715. The zero-order valence-electron chi connectivity index (χ0n) is 10.8. The van der Waals surface area contributed by atoms with Gasteiger partial charge in [-0.3, -0.25) is 4.90 Å². The van der Waals surface area contributed by atoms with E-state index in [2.05, 4.69) is 4.90 Å². The number of carboxylic acid groups (broad SMARTS) is 1. The molecule has 0 saturated carbocycles. The van der Waals surface area contributed by atoms with Crippen molar-refractivity contribution in [2.24, 2.45) is 5.92 Å². The van der Waals surface area contributed by atoms with Crippen LogP contribution in [0.4, 0.5) is 4.79 Å². The van der Waals surface area contributed by atoms with Gasteiger partial charge in [-0.15, -0.1) is 0 Å². The first-order valence-electron chi connectivity index (χ1n) is 7.05. The minimum absolute atomic E-state index is 0.285. The van der Waals surface area contributed by atoms with Crippen LogP contribution in [0.3, 0.4) is 0 Å². The number of morpholine rings is 1. The fraction of sp³-hybridized carbons (Fsp3) is 0.923. The highest BCUT2D eigenvalue weighted by Crippen LogP contribution is 2.38. The summed E-state index contributed by atoms with van der Waals surface area (Å²) < 4.78 is 5.36. The lowest BCUT2D eigenvalue weighted by Gasteiger charge is -2.39. The summed E-state index contributed by atoms with van der Waals surface area (Å²) in [5.41, 5.74) is 0. The van der Waals surface area contributed by atoms with Gasteiger partial charge in [0.15, 0.2) is 0 Å². The van der Waals surface area contributed by atoms with E-state index in [1.54, 1.807) is 4.90 Å². The molecule has 0 radical (unpaired) electrons. The van der Waals surface area contributed by atoms with Gasteiger partial charge in [-0.1, -0.05) is 0 Å². The van der Waals surface area contributed by atoms with Crippen molar-refractivity contribution in [3.05, 3.63) is 0 Å². The third kappa shape index (κ3) is 2.34. The third-order valence-electron chi connectivity index (χ3n) is 4.67. The molecule has 3 fully saturated rings. The Balaban J connectivity index is 1.56. The van der Waals surface area contributed by atoms with Gasteiger partial charge in [0, 0.05) is 31.7 Å². The van der Waals surface area contributed by atoms with Crippen molar-refractivity contribution in [2.75, 3.05) is 32.8 Å². The maximum absolute atomic E-state index is 11.2. The second-order valence-corrected chi connectivity index (χ2v) is 5.83. The molecule has 0 aromatic heterocycles. The molecule has 1 unspecified atom stereocenters. The molecular formula is C13H22N2O3. The first-order chi connectivity index (χ1) is 8.74. The van der Waals surface area contributed by atoms with Gasteiger partial charge in [-0.05, 0) is 31.6 Å². The van der Waals surface area contributed by atoms with E-state index < -0.39 is 6.09 Å². The second kappa shape index (κ2) is 5.05. The van der Waals surface area contributed by atoms with Crippen molar-refractivity contribution < 1.29 is 14.6 Å². The number of hydrogen-bond acceptors (Lipinski definition) is 3. The van der Waals surface area contributed by atoms with Crippen LogP contribution in [0, 0.1) is 5.92 Å². The van der Waals surface area contributed by atoms with Gasteiger partial charge < -0.3 is 14.7 Å². The lowest BCUT2D eigenvalue weighted by atomic mass is 9.90. The molecule has 2 bridgehead atoms. The van der Waals surface area contributed by atoms with Crippen molar-refractivity contribution in [1.29, 1.82) is 0 Å². The first kappa shape index (κ1) is 12.2.